The monoisotopic (exact) mass is 411 g/mol. The van der Waals surface area contributed by atoms with Crippen molar-refractivity contribution < 1.29 is 19.5 Å². The lowest BCUT2D eigenvalue weighted by Crippen LogP contribution is -2.42. The zero-order chi connectivity index (χ0) is 21.7. The van der Waals surface area contributed by atoms with Crippen molar-refractivity contribution in [3.05, 3.63) is 58.9 Å². The maximum absolute atomic E-state index is 12.4. The lowest BCUT2D eigenvalue weighted by atomic mass is 10.1. The molecule has 4 rings (SSSR count). The molecule has 2 amide bonds. The van der Waals surface area contributed by atoms with Gasteiger partial charge in [-0.1, -0.05) is 0 Å². The van der Waals surface area contributed by atoms with Gasteiger partial charge in [-0.2, -0.15) is 0 Å². The fraction of sp³-hybridized carbons (Fsp3) is 0.250. The minimum Gasteiger partial charge on any atom is -0.477 e. The van der Waals surface area contributed by atoms with Gasteiger partial charge in [0.05, 0.1) is 11.8 Å². The average molecular weight is 411 g/mol. The number of anilines is 1. The van der Waals surface area contributed by atoms with E-state index in [0.717, 1.165) is 12.5 Å². The predicted octanol–water partition coefficient (Wildman–Crippen LogP) is 1.59. The molecular weight excluding hydrogens is 390 g/mol. The maximum Gasteiger partial charge on any atom is 0.352 e. The third-order valence-electron chi connectivity index (χ3n) is 4.69. The van der Waals surface area contributed by atoms with Gasteiger partial charge in [0.2, 0.25) is 11.8 Å². The van der Waals surface area contributed by atoms with E-state index in [0.29, 0.717) is 24.2 Å². The van der Waals surface area contributed by atoms with Crippen molar-refractivity contribution in [2.75, 3.05) is 11.9 Å². The Hall–Kier alpha value is -3.95. The SMILES string of the molecule is CC(=O)N1CCCC1C(=O)Nc1ccc2[nH]c(C(=O)O)cc(=O)c2c1.c1c[nH]cn1. The molecule has 0 aliphatic carbocycles. The zero-order valence-electron chi connectivity index (χ0n) is 16.2. The number of carbonyl (C=O) groups excluding carboxylic acids is 2. The van der Waals surface area contributed by atoms with Crippen molar-refractivity contribution in [2.45, 2.75) is 25.8 Å². The van der Waals surface area contributed by atoms with Gasteiger partial charge in [0.1, 0.15) is 11.7 Å². The predicted molar refractivity (Wildman–Crippen MR) is 109 cm³/mol. The molecule has 1 aliphatic rings. The third kappa shape index (κ3) is 4.72. The smallest absolute Gasteiger partial charge is 0.352 e. The molecule has 1 saturated heterocycles. The van der Waals surface area contributed by atoms with Crippen LogP contribution < -0.4 is 10.7 Å². The van der Waals surface area contributed by atoms with Crippen LogP contribution in [0.4, 0.5) is 5.69 Å². The van der Waals surface area contributed by atoms with Crippen molar-refractivity contribution in [3.63, 3.8) is 0 Å². The van der Waals surface area contributed by atoms with E-state index in [-0.39, 0.29) is 22.9 Å². The summed E-state index contributed by atoms with van der Waals surface area (Å²) in [5, 5.41) is 12.0. The number of carbonyl (C=O) groups is 3. The molecule has 1 fully saturated rings. The van der Waals surface area contributed by atoms with Gasteiger partial charge < -0.3 is 25.3 Å². The van der Waals surface area contributed by atoms with E-state index in [1.54, 1.807) is 24.8 Å². The number of likely N-dealkylation sites (tertiary alicyclic amines) is 1. The first-order valence-electron chi connectivity index (χ1n) is 9.28. The topological polar surface area (TPSA) is 148 Å². The molecule has 4 N–H and O–H groups in total. The van der Waals surface area contributed by atoms with Crippen LogP contribution in [0.1, 0.15) is 30.3 Å². The minimum absolute atomic E-state index is 0.145. The van der Waals surface area contributed by atoms with Gasteiger partial charge in [-0.3, -0.25) is 14.4 Å². The van der Waals surface area contributed by atoms with Crippen molar-refractivity contribution in [1.82, 2.24) is 19.9 Å². The number of aromatic carboxylic acids is 1. The Morgan fingerprint density at radius 1 is 1.27 bits per heavy atom. The van der Waals surface area contributed by atoms with Crippen LogP contribution in [0, 0.1) is 0 Å². The second-order valence-electron chi connectivity index (χ2n) is 6.73. The summed E-state index contributed by atoms with van der Waals surface area (Å²) in [6, 6.07) is 5.10. The summed E-state index contributed by atoms with van der Waals surface area (Å²) in [4.78, 5) is 57.7. The molecule has 2 aromatic heterocycles. The van der Waals surface area contributed by atoms with Crippen LogP contribution in [0.15, 0.2) is 47.8 Å². The van der Waals surface area contributed by atoms with Gasteiger partial charge in [0, 0.05) is 43.0 Å². The normalized spacial score (nSPS) is 15.4. The van der Waals surface area contributed by atoms with Crippen LogP contribution >= 0.6 is 0 Å². The van der Waals surface area contributed by atoms with E-state index in [4.69, 9.17) is 5.11 Å². The first-order chi connectivity index (χ1) is 14.4. The Labute approximate surface area is 170 Å². The highest BCUT2D eigenvalue weighted by Gasteiger charge is 2.32. The molecule has 1 atom stereocenters. The molecule has 1 aliphatic heterocycles. The number of imidazole rings is 1. The molecular formula is C20H21N5O5. The van der Waals surface area contributed by atoms with Crippen LogP contribution in [-0.2, 0) is 9.59 Å². The quantitative estimate of drug-likeness (QED) is 0.514. The third-order valence-corrected chi connectivity index (χ3v) is 4.69. The lowest BCUT2D eigenvalue weighted by Gasteiger charge is -2.22. The van der Waals surface area contributed by atoms with Gasteiger partial charge in [0.25, 0.3) is 0 Å². The molecule has 0 spiro atoms. The molecule has 156 valence electrons. The number of aromatic amines is 2. The lowest BCUT2D eigenvalue weighted by molar-refractivity contribution is -0.134. The highest BCUT2D eigenvalue weighted by atomic mass is 16.4. The Morgan fingerprint density at radius 3 is 2.67 bits per heavy atom. The second-order valence-corrected chi connectivity index (χ2v) is 6.73. The molecule has 3 aromatic rings. The number of amides is 2. The number of carboxylic acids is 1. The number of rotatable bonds is 3. The minimum atomic E-state index is -1.22. The molecule has 0 saturated carbocycles. The van der Waals surface area contributed by atoms with E-state index < -0.39 is 17.4 Å². The average Bonchev–Trinajstić information content (AvgIpc) is 3.43. The van der Waals surface area contributed by atoms with Gasteiger partial charge in [-0.05, 0) is 31.0 Å². The van der Waals surface area contributed by atoms with Gasteiger partial charge in [-0.15, -0.1) is 0 Å². The van der Waals surface area contributed by atoms with E-state index >= 15 is 0 Å². The van der Waals surface area contributed by atoms with Gasteiger partial charge >= 0.3 is 5.97 Å². The summed E-state index contributed by atoms with van der Waals surface area (Å²) < 4.78 is 0. The number of nitrogens with zero attached hydrogens (tertiary/aromatic N) is 2. The van der Waals surface area contributed by atoms with Crippen molar-refractivity contribution in [3.8, 4) is 0 Å². The number of carboxylic acid groups (broad SMARTS) is 1. The van der Waals surface area contributed by atoms with E-state index in [1.807, 2.05) is 0 Å². The molecule has 1 aromatic carbocycles. The zero-order valence-corrected chi connectivity index (χ0v) is 16.2. The number of nitrogens with one attached hydrogen (secondary N) is 3. The molecule has 30 heavy (non-hydrogen) atoms. The number of hydrogen-bond donors (Lipinski definition) is 4. The highest BCUT2D eigenvalue weighted by Crippen LogP contribution is 2.21. The number of H-pyrrole nitrogens is 2. The van der Waals surface area contributed by atoms with Crippen LogP contribution in [0.2, 0.25) is 0 Å². The second kappa shape index (κ2) is 9.03. The van der Waals surface area contributed by atoms with Crippen LogP contribution in [0.3, 0.4) is 0 Å². The molecule has 10 nitrogen and oxygen atoms in total. The van der Waals surface area contributed by atoms with Crippen molar-refractivity contribution >= 4 is 34.4 Å². The standard InChI is InChI=1S/C17H17N3O5.C3H4N2/c1-9(21)20-6-2-3-14(20)16(23)18-10-4-5-12-11(7-10)15(22)8-13(19-12)17(24)25;1-2-5-3-4-1/h4-5,7-8,14H,2-3,6H2,1H3,(H,18,23)(H,19,22)(H,24,25);1-3H,(H,4,5). The van der Waals surface area contributed by atoms with Crippen LogP contribution in [0.5, 0.6) is 0 Å². The van der Waals surface area contributed by atoms with Gasteiger partial charge in [-0.25, -0.2) is 9.78 Å². The van der Waals surface area contributed by atoms with Crippen LogP contribution in [-0.4, -0.2) is 55.3 Å². The molecule has 0 bridgehead atoms. The molecule has 0 radical (unpaired) electrons. The van der Waals surface area contributed by atoms with E-state index in [1.165, 1.54) is 24.0 Å². The van der Waals surface area contributed by atoms with Crippen molar-refractivity contribution in [2.24, 2.45) is 0 Å². The summed E-state index contributed by atoms with van der Waals surface area (Å²) in [5.74, 6) is -1.67. The van der Waals surface area contributed by atoms with Gasteiger partial charge in [0.15, 0.2) is 5.43 Å². The Bertz CT molecular complexity index is 1110. The first kappa shape index (κ1) is 20.8. The summed E-state index contributed by atoms with van der Waals surface area (Å²) in [7, 11) is 0. The Morgan fingerprint density at radius 2 is 2.07 bits per heavy atom. The number of aromatic nitrogens is 3. The molecule has 10 heteroatoms. The fourth-order valence-electron chi connectivity index (χ4n) is 3.30. The molecule has 1 unspecified atom stereocenters. The number of fused-ring (bicyclic) bond motifs is 1. The van der Waals surface area contributed by atoms with Crippen LogP contribution in [0.25, 0.3) is 10.9 Å². The summed E-state index contributed by atoms with van der Waals surface area (Å²) >= 11 is 0. The molecule has 3 heterocycles. The first-order valence-corrected chi connectivity index (χ1v) is 9.28. The largest absolute Gasteiger partial charge is 0.477 e. The summed E-state index contributed by atoms with van der Waals surface area (Å²) in [6.07, 6.45) is 6.45. The summed E-state index contributed by atoms with van der Waals surface area (Å²) in [5.41, 5.74) is 0.140. The highest BCUT2D eigenvalue weighted by molar-refractivity contribution is 5.99. The number of pyridine rings is 1. The number of hydrogen-bond acceptors (Lipinski definition) is 5. The Kier molecular flexibility index (Phi) is 6.26. The maximum atomic E-state index is 12.4. The van der Waals surface area contributed by atoms with E-state index in [9.17, 15) is 19.2 Å². The number of benzene rings is 1. The van der Waals surface area contributed by atoms with E-state index in [2.05, 4.69) is 20.3 Å². The fourth-order valence-corrected chi connectivity index (χ4v) is 3.30. The summed E-state index contributed by atoms with van der Waals surface area (Å²) in [6.45, 7) is 1.99. The van der Waals surface area contributed by atoms with Crippen molar-refractivity contribution in [1.29, 1.82) is 0 Å². The Balaban J connectivity index is 0.000000448.